The predicted octanol–water partition coefficient (Wildman–Crippen LogP) is 3.82. The van der Waals surface area contributed by atoms with E-state index in [0.29, 0.717) is 12.1 Å². The zero-order valence-corrected chi connectivity index (χ0v) is 14.9. The number of Topliss-reactive ketones (excluding diaryl/α,β-unsaturated/α-hetero) is 1. The molecule has 23 heavy (non-hydrogen) atoms. The molecule has 0 aliphatic heterocycles. The fraction of sp³-hybridized carbons (Fsp3) is 0.316. The van der Waals surface area contributed by atoms with Crippen LogP contribution < -0.4 is 4.74 Å². The smallest absolute Gasteiger partial charge is 0.174 e. The highest BCUT2D eigenvalue weighted by molar-refractivity contribution is 6.04. The van der Waals surface area contributed by atoms with Crippen LogP contribution in [0.3, 0.4) is 0 Å². The van der Waals surface area contributed by atoms with E-state index in [1.807, 2.05) is 75.6 Å². The monoisotopic (exact) mass is 333 g/mol. The fourth-order valence-corrected chi connectivity index (χ4v) is 2.79. The van der Waals surface area contributed by atoms with Gasteiger partial charge in [-0.2, -0.15) is 0 Å². The van der Waals surface area contributed by atoms with Crippen LogP contribution in [0, 0.1) is 0 Å². The summed E-state index contributed by atoms with van der Waals surface area (Å²) in [6.45, 7) is 2.66. The number of carbonyl (C=O) groups excluding carboxylic acids is 1. The van der Waals surface area contributed by atoms with Gasteiger partial charge in [-0.15, -0.1) is 12.4 Å². The van der Waals surface area contributed by atoms with Crippen molar-refractivity contribution in [2.45, 2.75) is 12.3 Å². The van der Waals surface area contributed by atoms with E-state index in [-0.39, 0.29) is 18.2 Å². The van der Waals surface area contributed by atoms with E-state index in [1.54, 1.807) is 7.11 Å². The third-order valence-electron chi connectivity index (χ3n) is 3.90. The minimum Gasteiger partial charge on any atom is -0.497 e. The molecule has 2 aromatic rings. The number of halogens is 1. The van der Waals surface area contributed by atoms with E-state index < -0.39 is 5.41 Å². The van der Waals surface area contributed by atoms with Gasteiger partial charge < -0.3 is 9.64 Å². The molecule has 0 saturated heterocycles. The Morgan fingerprint density at radius 3 is 2.09 bits per heavy atom. The number of nitrogens with zero attached hydrogens (tertiary/aromatic N) is 1. The Morgan fingerprint density at radius 1 is 1.04 bits per heavy atom. The number of methoxy groups -OCH3 is 1. The van der Waals surface area contributed by atoms with Gasteiger partial charge >= 0.3 is 0 Å². The van der Waals surface area contributed by atoms with Crippen molar-refractivity contribution >= 4 is 18.2 Å². The molecule has 0 aromatic heterocycles. The molecule has 0 N–H and O–H groups in total. The first-order valence-corrected chi connectivity index (χ1v) is 7.36. The molecule has 3 nitrogen and oxygen atoms in total. The van der Waals surface area contributed by atoms with Gasteiger partial charge in [0.1, 0.15) is 5.75 Å². The number of carbonyl (C=O) groups is 1. The molecule has 0 aliphatic carbocycles. The zero-order chi connectivity index (χ0) is 16.2. The van der Waals surface area contributed by atoms with E-state index in [4.69, 9.17) is 4.74 Å². The van der Waals surface area contributed by atoms with Crippen LogP contribution in [0.15, 0.2) is 54.6 Å². The van der Waals surface area contributed by atoms with Gasteiger partial charge in [-0.05, 0) is 50.8 Å². The molecule has 0 spiro atoms. The lowest BCUT2D eigenvalue weighted by Gasteiger charge is -2.31. The summed E-state index contributed by atoms with van der Waals surface area (Å²) < 4.78 is 5.16. The zero-order valence-electron chi connectivity index (χ0n) is 14.1. The molecule has 2 rings (SSSR count). The van der Waals surface area contributed by atoms with E-state index in [0.717, 1.165) is 11.3 Å². The van der Waals surface area contributed by atoms with Crippen molar-refractivity contribution < 1.29 is 9.53 Å². The van der Waals surface area contributed by atoms with Crippen molar-refractivity contribution in [3.8, 4) is 5.75 Å². The number of hydrogen-bond acceptors (Lipinski definition) is 3. The number of ketones is 1. The van der Waals surface area contributed by atoms with Gasteiger partial charge in [-0.1, -0.05) is 30.3 Å². The molecule has 0 radical (unpaired) electrons. The highest BCUT2D eigenvalue weighted by Crippen LogP contribution is 2.29. The maximum Gasteiger partial charge on any atom is 0.174 e. The minimum absolute atomic E-state index is 0. The summed E-state index contributed by atoms with van der Waals surface area (Å²) in [5.41, 5.74) is 1.15. The molecule has 2 aromatic carbocycles. The van der Waals surface area contributed by atoms with Gasteiger partial charge in [0.25, 0.3) is 0 Å². The molecule has 0 amide bonds. The number of rotatable bonds is 6. The Morgan fingerprint density at radius 2 is 1.61 bits per heavy atom. The van der Waals surface area contributed by atoms with Crippen LogP contribution in [-0.2, 0) is 5.41 Å². The molecule has 1 unspecified atom stereocenters. The van der Waals surface area contributed by atoms with Crippen LogP contribution in [0.4, 0.5) is 0 Å². The minimum atomic E-state index is -0.584. The lowest BCUT2D eigenvalue weighted by molar-refractivity contribution is 0.0868. The third-order valence-corrected chi connectivity index (χ3v) is 3.90. The maximum atomic E-state index is 13.1. The molecular weight excluding hydrogens is 310 g/mol. The molecule has 124 valence electrons. The van der Waals surface area contributed by atoms with Crippen LogP contribution >= 0.6 is 12.4 Å². The Labute approximate surface area is 144 Å². The van der Waals surface area contributed by atoms with Crippen LogP contribution in [-0.4, -0.2) is 38.4 Å². The van der Waals surface area contributed by atoms with Gasteiger partial charge in [0.15, 0.2) is 5.78 Å². The van der Waals surface area contributed by atoms with Crippen LogP contribution in [0.25, 0.3) is 0 Å². The maximum absolute atomic E-state index is 13.1. The summed E-state index contributed by atoms with van der Waals surface area (Å²) in [6.07, 6.45) is 0. The van der Waals surface area contributed by atoms with Gasteiger partial charge in [0.05, 0.1) is 12.5 Å². The molecule has 0 bridgehead atoms. The summed E-state index contributed by atoms with van der Waals surface area (Å²) in [4.78, 5) is 15.2. The molecule has 4 heteroatoms. The largest absolute Gasteiger partial charge is 0.497 e. The second-order valence-electron chi connectivity index (χ2n) is 5.99. The van der Waals surface area contributed by atoms with Gasteiger partial charge in [0.2, 0.25) is 0 Å². The number of benzene rings is 2. The summed E-state index contributed by atoms with van der Waals surface area (Å²) in [6, 6.07) is 17.3. The first-order valence-electron chi connectivity index (χ1n) is 7.36. The van der Waals surface area contributed by atoms with Crippen molar-refractivity contribution in [2.24, 2.45) is 0 Å². The predicted molar refractivity (Wildman–Crippen MR) is 96.9 cm³/mol. The van der Waals surface area contributed by atoms with Gasteiger partial charge in [-0.3, -0.25) is 4.79 Å². The highest BCUT2D eigenvalue weighted by atomic mass is 35.5. The average molecular weight is 334 g/mol. The number of ether oxygens (including phenoxy) is 1. The van der Waals surface area contributed by atoms with Crippen molar-refractivity contribution in [1.82, 2.24) is 4.90 Å². The second kappa shape index (κ2) is 8.14. The summed E-state index contributed by atoms with van der Waals surface area (Å²) in [7, 11) is 5.60. The quantitative estimate of drug-likeness (QED) is 0.753. The van der Waals surface area contributed by atoms with E-state index in [2.05, 4.69) is 4.90 Å². The van der Waals surface area contributed by atoms with E-state index in [9.17, 15) is 4.79 Å². The standard InChI is InChI=1S/C19H23NO2.ClH/c1-19(14-20(2)3,16-8-6-5-7-9-16)18(21)15-10-12-17(22-4)13-11-15;/h5-13H,14H2,1-4H3;1H. The first kappa shape index (κ1) is 19.2. The summed E-state index contributed by atoms with van der Waals surface area (Å²) in [5.74, 6) is 0.876. The normalized spacial score (nSPS) is 13.1. The molecule has 1 atom stereocenters. The Hall–Kier alpha value is -1.84. The lowest BCUT2D eigenvalue weighted by Crippen LogP contribution is -2.42. The second-order valence-corrected chi connectivity index (χ2v) is 5.99. The van der Waals surface area contributed by atoms with Gasteiger partial charge in [0, 0.05) is 12.1 Å². The fourth-order valence-electron chi connectivity index (χ4n) is 2.79. The Kier molecular flexibility index (Phi) is 6.79. The topological polar surface area (TPSA) is 29.5 Å². The average Bonchev–Trinajstić information content (AvgIpc) is 2.54. The van der Waals surface area contributed by atoms with Crippen LogP contribution in [0.5, 0.6) is 5.75 Å². The number of likely N-dealkylation sites (N-methyl/N-ethyl adjacent to an activating group) is 1. The van der Waals surface area contributed by atoms with Crippen molar-refractivity contribution in [1.29, 1.82) is 0 Å². The Balaban J connectivity index is 0.00000264. The van der Waals surface area contributed by atoms with E-state index >= 15 is 0 Å². The summed E-state index contributed by atoms with van der Waals surface area (Å²) >= 11 is 0. The highest BCUT2D eigenvalue weighted by Gasteiger charge is 2.36. The lowest BCUT2D eigenvalue weighted by atomic mass is 9.75. The van der Waals surface area contributed by atoms with Crippen molar-refractivity contribution in [2.75, 3.05) is 27.7 Å². The van der Waals surface area contributed by atoms with Crippen LogP contribution in [0.1, 0.15) is 22.8 Å². The molecule has 0 fully saturated rings. The first-order chi connectivity index (χ1) is 10.5. The van der Waals surface area contributed by atoms with Gasteiger partial charge in [-0.25, -0.2) is 0 Å². The van der Waals surface area contributed by atoms with Crippen molar-refractivity contribution in [3.63, 3.8) is 0 Å². The molecule has 0 saturated carbocycles. The Bertz CT molecular complexity index is 626. The molecule has 0 aliphatic rings. The molecular formula is C19H24ClNO2. The SMILES string of the molecule is COc1ccc(C(=O)C(C)(CN(C)C)c2ccccc2)cc1.Cl. The van der Waals surface area contributed by atoms with E-state index in [1.165, 1.54) is 0 Å². The molecule has 0 heterocycles. The number of hydrogen-bond donors (Lipinski definition) is 0. The third kappa shape index (κ3) is 4.34. The van der Waals surface area contributed by atoms with Crippen molar-refractivity contribution in [3.05, 3.63) is 65.7 Å². The summed E-state index contributed by atoms with van der Waals surface area (Å²) in [5, 5.41) is 0. The van der Waals surface area contributed by atoms with Crippen LogP contribution in [0.2, 0.25) is 0 Å².